The van der Waals surface area contributed by atoms with E-state index in [-0.39, 0.29) is 12.3 Å². The third-order valence-corrected chi connectivity index (χ3v) is 4.91. The molecule has 9 heteroatoms. The van der Waals surface area contributed by atoms with Gasteiger partial charge in [0.15, 0.2) is 0 Å². The highest BCUT2D eigenvalue weighted by atomic mass is 16.5. The van der Waals surface area contributed by atoms with Gasteiger partial charge in [-0.05, 0) is 29.7 Å². The number of hydrogen-bond acceptors (Lipinski definition) is 6. The van der Waals surface area contributed by atoms with Gasteiger partial charge in [-0.15, -0.1) is 0 Å². The Kier molecular flexibility index (Phi) is 6.95. The zero-order chi connectivity index (χ0) is 21.5. The highest BCUT2D eigenvalue weighted by Gasteiger charge is 2.26. The number of nitrogens with zero attached hydrogens (tertiary/aromatic N) is 1. The van der Waals surface area contributed by atoms with Gasteiger partial charge in [0.25, 0.3) is 5.82 Å². The maximum atomic E-state index is 12.1. The number of methoxy groups -OCH3 is 1. The van der Waals surface area contributed by atoms with Gasteiger partial charge in [-0.2, -0.15) is 0 Å². The molecule has 0 spiro atoms. The number of amides is 1. The monoisotopic (exact) mass is 415 g/mol. The fraction of sp³-hybridized carbons (Fsp3) is 0.381. The summed E-state index contributed by atoms with van der Waals surface area (Å²) in [6, 6.07) is 8.81. The molecule has 1 aromatic heterocycles. The van der Waals surface area contributed by atoms with Crippen molar-refractivity contribution in [3.8, 4) is 11.5 Å². The van der Waals surface area contributed by atoms with Gasteiger partial charge in [0, 0.05) is 19.0 Å². The van der Waals surface area contributed by atoms with E-state index in [1.165, 1.54) is 6.20 Å². The van der Waals surface area contributed by atoms with Gasteiger partial charge in [0.2, 0.25) is 5.91 Å². The molecule has 0 fully saturated rings. The van der Waals surface area contributed by atoms with Crippen molar-refractivity contribution in [2.24, 2.45) is 5.92 Å². The fourth-order valence-electron chi connectivity index (χ4n) is 3.32. The Morgan fingerprint density at radius 2 is 2.13 bits per heavy atom. The summed E-state index contributed by atoms with van der Waals surface area (Å²) in [6.07, 6.45) is 2.26. The van der Waals surface area contributed by atoms with Crippen molar-refractivity contribution in [1.82, 2.24) is 5.32 Å². The summed E-state index contributed by atoms with van der Waals surface area (Å²) in [7, 11) is 1.54. The molecule has 30 heavy (non-hydrogen) atoms. The molecule has 1 aliphatic heterocycles. The van der Waals surface area contributed by atoms with E-state index in [4.69, 9.17) is 14.6 Å². The van der Waals surface area contributed by atoms with E-state index < -0.39 is 11.9 Å². The Morgan fingerprint density at radius 3 is 2.90 bits per heavy atom. The van der Waals surface area contributed by atoms with Crippen LogP contribution >= 0.6 is 0 Å². The van der Waals surface area contributed by atoms with Crippen LogP contribution in [0.5, 0.6) is 11.5 Å². The number of benzene rings is 1. The number of fused-ring (bicyclic) bond motifs is 1. The minimum absolute atomic E-state index is 0.187. The molecule has 1 unspecified atom stereocenters. The Morgan fingerprint density at radius 1 is 1.30 bits per heavy atom. The Bertz CT molecular complexity index is 918. The third kappa shape index (κ3) is 5.53. The van der Waals surface area contributed by atoms with E-state index in [9.17, 15) is 14.8 Å². The topological polar surface area (TPSA) is 124 Å². The van der Waals surface area contributed by atoms with E-state index in [1.807, 2.05) is 18.2 Å². The highest BCUT2D eigenvalue weighted by molar-refractivity contribution is 5.84. The van der Waals surface area contributed by atoms with Gasteiger partial charge in [-0.3, -0.25) is 14.9 Å². The standard InChI is InChI=1S/C21H25N3O6/c1-29-17-5-7-24(28)19(12-17)22-6-2-8-30-18-4-3-14-9-15(11-20(25)26)21(27)23-13-16(14)10-18/h3-5,7,10,12,15,22H,2,6,8-9,11,13H2,1H3,(H,23,27)(H,25,26). The minimum atomic E-state index is -0.983. The zero-order valence-electron chi connectivity index (χ0n) is 16.7. The molecule has 9 nitrogen and oxygen atoms in total. The molecule has 2 heterocycles. The van der Waals surface area contributed by atoms with Gasteiger partial charge in [-0.25, -0.2) is 4.73 Å². The smallest absolute Gasteiger partial charge is 0.304 e. The quantitative estimate of drug-likeness (QED) is 0.322. The molecule has 160 valence electrons. The second-order valence-electron chi connectivity index (χ2n) is 7.05. The van der Waals surface area contributed by atoms with Gasteiger partial charge in [0.1, 0.15) is 11.5 Å². The third-order valence-electron chi connectivity index (χ3n) is 4.91. The summed E-state index contributed by atoms with van der Waals surface area (Å²) in [5.74, 6) is -0.101. The highest BCUT2D eigenvalue weighted by Crippen LogP contribution is 2.24. The lowest BCUT2D eigenvalue weighted by molar-refractivity contribution is -0.590. The Balaban J connectivity index is 1.50. The number of carboxylic acids is 1. The van der Waals surface area contributed by atoms with Crippen molar-refractivity contribution >= 4 is 17.7 Å². The number of ether oxygens (including phenoxy) is 2. The summed E-state index contributed by atoms with van der Waals surface area (Å²) < 4.78 is 11.6. The first kappa shape index (κ1) is 21.2. The maximum Gasteiger partial charge on any atom is 0.304 e. The second kappa shape index (κ2) is 9.82. The van der Waals surface area contributed by atoms with Gasteiger partial charge < -0.3 is 25.1 Å². The predicted octanol–water partition coefficient (Wildman–Crippen LogP) is 1.47. The number of carbonyl (C=O) groups is 2. The zero-order valence-corrected chi connectivity index (χ0v) is 16.7. The van der Waals surface area contributed by atoms with E-state index in [0.29, 0.717) is 49.9 Å². The van der Waals surface area contributed by atoms with Crippen molar-refractivity contribution in [3.05, 3.63) is 52.9 Å². The fourth-order valence-corrected chi connectivity index (χ4v) is 3.32. The number of aliphatic carboxylic acids is 1. The summed E-state index contributed by atoms with van der Waals surface area (Å²) in [4.78, 5) is 23.1. The van der Waals surface area contributed by atoms with Gasteiger partial charge in [-0.1, -0.05) is 6.07 Å². The molecular formula is C21H25N3O6. The van der Waals surface area contributed by atoms with E-state index in [1.54, 1.807) is 19.2 Å². The second-order valence-corrected chi connectivity index (χ2v) is 7.05. The molecule has 0 saturated carbocycles. The Hall–Kier alpha value is -3.49. The number of carboxylic acid groups (broad SMARTS) is 1. The van der Waals surface area contributed by atoms with Crippen LogP contribution in [0.3, 0.4) is 0 Å². The largest absolute Gasteiger partial charge is 0.711 e. The lowest BCUT2D eigenvalue weighted by atomic mass is 9.94. The van der Waals surface area contributed by atoms with Crippen molar-refractivity contribution in [3.63, 3.8) is 0 Å². The summed E-state index contributed by atoms with van der Waals surface area (Å²) in [5, 5.41) is 26.6. The molecule has 1 aliphatic rings. The number of anilines is 1. The van der Waals surface area contributed by atoms with E-state index >= 15 is 0 Å². The van der Waals surface area contributed by atoms with Crippen LogP contribution in [-0.2, 0) is 22.6 Å². The molecule has 0 radical (unpaired) electrons. The predicted molar refractivity (Wildman–Crippen MR) is 108 cm³/mol. The summed E-state index contributed by atoms with van der Waals surface area (Å²) in [6.45, 7) is 1.35. The van der Waals surface area contributed by atoms with Crippen molar-refractivity contribution in [2.45, 2.75) is 25.8 Å². The molecule has 0 aliphatic carbocycles. The van der Waals surface area contributed by atoms with Gasteiger partial charge >= 0.3 is 5.97 Å². The lowest BCUT2D eigenvalue weighted by Crippen LogP contribution is -2.30. The normalized spacial score (nSPS) is 15.5. The first-order chi connectivity index (χ1) is 14.5. The number of rotatable bonds is 9. The van der Waals surface area contributed by atoms with Crippen LogP contribution in [0.2, 0.25) is 0 Å². The van der Waals surface area contributed by atoms with Crippen LogP contribution < -0.4 is 24.8 Å². The molecule has 1 aromatic carbocycles. The molecule has 0 saturated heterocycles. The number of nitrogens with one attached hydrogen (secondary N) is 2. The number of pyridine rings is 1. The molecule has 0 bridgehead atoms. The molecule has 1 amide bonds. The number of aromatic nitrogens is 1. The average molecular weight is 415 g/mol. The van der Waals surface area contributed by atoms with E-state index in [0.717, 1.165) is 15.9 Å². The molecular weight excluding hydrogens is 390 g/mol. The van der Waals surface area contributed by atoms with Crippen molar-refractivity contribution < 1.29 is 28.9 Å². The van der Waals surface area contributed by atoms with Crippen LogP contribution in [-0.4, -0.2) is 37.2 Å². The van der Waals surface area contributed by atoms with E-state index in [2.05, 4.69) is 10.6 Å². The maximum absolute atomic E-state index is 12.1. The first-order valence-corrected chi connectivity index (χ1v) is 9.71. The molecule has 1 atom stereocenters. The average Bonchev–Trinajstić information content (AvgIpc) is 2.87. The molecule has 2 aromatic rings. The van der Waals surface area contributed by atoms with Crippen LogP contribution in [0.4, 0.5) is 5.82 Å². The molecule has 3 rings (SSSR count). The van der Waals surface area contributed by atoms with Crippen LogP contribution in [0.15, 0.2) is 36.5 Å². The van der Waals surface area contributed by atoms with Crippen molar-refractivity contribution in [2.75, 3.05) is 25.6 Å². The number of hydrogen-bond donors (Lipinski definition) is 3. The number of carbonyl (C=O) groups excluding carboxylic acids is 1. The molecule has 3 N–H and O–H groups in total. The first-order valence-electron chi connectivity index (χ1n) is 9.71. The van der Waals surface area contributed by atoms with Gasteiger partial charge in [0.05, 0.1) is 44.9 Å². The van der Waals surface area contributed by atoms with Crippen LogP contribution in [0, 0.1) is 11.1 Å². The SMILES string of the molecule is COc1cc[n+]([O-])c(NCCCOc2ccc3c(c2)CNC(=O)C(CC(=O)O)C3)c1. The summed E-state index contributed by atoms with van der Waals surface area (Å²) >= 11 is 0. The minimum Gasteiger partial charge on any atom is -0.711 e. The van der Waals surface area contributed by atoms with Crippen LogP contribution in [0.1, 0.15) is 24.0 Å². The van der Waals surface area contributed by atoms with Crippen molar-refractivity contribution in [1.29, 1.82) is 0 Å². The van der Waals surface area contributed by atoms with Crippen LogP contribution in [0.25, 0.3) is 0 Å². The lowest BCUT2D eigenvalue weighted by Gasteiger charge is -2.12. The summed E-state index contributed by atoms with van der Waals surface area (Å²) in [5.41, 5.74) is 1.88. The Labute approximate surface area is 174 Å².